The Morgan fingerprint density at radius 2 is 1.03 bits per heavy atom. The van der Waals surface area contributed by atoms with Crippen LogP contribution in [0.15, 0.2) is 132 Å². The van der Waals surface area contributed by atoms with E-state index in [2.05, 4.69) is 119 Å². The molecular formula is C36H22N2O. The molecule has 3 nitrogen and oxygen atoms in total. The molecule has 0 atom stereocenters. The highest BCUT2D eigenvalue weighted by Gasteiger charge is 2.18. The number of hydrogen-bond donors (Lipinski definition) is 1. The lowest BCUT2D eigenvalue weighted by molar-refractivity contribution is 0.669. The predicted octanol–water partition coefficient (Wildman–Crippen LogP) is 10.1. The number of nitrogens with one attached hydrogen (secondary N) is 1. The lowest BCUT2D eigenvalue weighted by Gasteiger charge is -2.09. The van der Waals surface area contributed by atoms with Gasteiger partial charge in [0, 0.05) is 49.8 Å². The van der Waals surface area contributed by atoms with Gasteiger partial charge in [-0.3, -0.25) is 0 Å². The minimum absolute atomic E-state index is 0.892. The Morgan fingerprint density at radius 1 is 0.436 bits per heavy atom. The second-order valence-electron chi connectivity index (χ2n) is 10.3. The van der Waals surface area contributed by atoms with Gasteiger partial charge in [0.05, 0.1) is 16.6 Å². The van der Waals surface area contributed by atoms with Gasteiger partial charge in [0.1, 0.15) is 11.2 Å². The quantitative estimate of drug-likeness (QED) is 0.263. The van der Waals surface area contributed by atoms with Gasteiger partial charge in [-0.15, -0.1) is 0 Å². The molecule has 39 heavy (non-hydrogen) atoms. The van der Waals surface area contributed by atoms with Gasteiger partial charge in [0.25, 0.3) is 0 Å². The van der Waals surface area contributed by atoms with Crippen molar-refractivity contribution < 1.29 is 4.42 Å². The Labute approximate surface area is 223 Å². The van der Waals surface area contributed by atoms with Gasteiger partial charge >= 0.3 is 0 Å². The van der Waals surface area contributed by atoms with E-state index >= 15 is 0 Å². The first-order valence-corrected chi connectivity index (χ1v) is 13.3. The number of furan rings is 1. The van der Waals surface area contributed by atoms with Gasteiger partial charge in [-0.25, -0.2) is 0 Å². The average molecular weight is 499 g/mol. The first-order valence-electron chi connectivity index (χ1n) is 13.3. The van der Waals surface area contributed by atoms with E-state index in [1.54, 1.807) is 0 Å². The zero-order chi connectivity index (χ0) is 25.5. The van der Waals surface area contributed by atoms with Crippen molar-refractivity contribution in [1.82, 2.24) is 4.40 Å². The fourth-order valence-electron chi connectivity index (χ4n) is 6.33. The van der Waals surface area contributed by atoms with Crippen molar-refractivity contribution in [2.75, 3.05) is 5.32 Å². The second-order valence-corrected chi connectivity index (χ2v) is 10.3. The maximum Gasteiger partial charge on any atom is 0.137 e. The van der Waals surface area contributed by atoms with Crippen LogP contribution in [-0.2, 0) is 0 Å². The monoisotopic (exact) mass is 498 g/mol. The van der Waals surface area contributed by atoms with Crippen LogP contribution in [0.5, 0.6) is 0 Å². The number of para-hydroxylation sites is 3. The van der Waals surface area contributed by atoms with Crippen LogP contribution in [0.2, 0.25) is 0 Å². The summed E-state index contributed by atoms with van der Waals surface area (Å²) in [7, 11) is 0. The molecule has 3 heterocycles. The molecule has 0 fully saturated rings. The SMILES string of the molecule is c1ccc2c(c1)oc1cc(Nc3ccc(-c4cc5c6ccccc6n6c7ccccc7c(c4)c56)cc3)ccc12. The smallest absolute Gasteiger partial charge is 0.137 e. The van der Waals surface area contributed by atoms with E-state index in [1.807, 2.05) is 18.2 Å². The first-order chi connectivity index (χ1) is 19.3. The molecule has 0 radical (unpaired) electrons. The molecule has 0 bridgehead atoms. The number of hydrogen-bond acceptors (Lipinski definition) is 2. The molecule has 9 rings (SSSR count). The third-order valence-electron chi connectivity index (χ3n) is 8.09. The number of aromatic nitrogens is 1. The summed E-state index contributed by atoms with van der Waals surface area (Å²) in [6.45, 7) is 0. The zero-order valence-corrected chi connectivity index (χ0v) is 21.0. The average Bonchev–Trinajstić information content (AvgIpc) is 3.64. The van der Waals surface area contributed by atoms with E-state index in [4.69, 9.17) is 4.42 Å². The topological polar surface area (TPSA) is 29.6 Å². The molecule has 3 aromatic heterocycles. The number of nitrogens with zero attached hydrogens (tertiary/aromatic N) is 1. The summed E-state index contributed by atoms with van der Waals surface area (Å²) in [6, 6.07) is 45.4. The summed E-state index contributed by atoms with van der Waals surface area (Å²) in [6.07, 6.45) is 0. The summed E-state index contributed by atoms with van der Waals surface area (Å²) in [4.78, 5) is 0. The summed E-state index contributed by atoms with van der Waals surface area (Å²) < 4.78 is 8.50. The van der Waals surface area contributed by atoms with Crippen molar-refractivity contribution in [2.45, 2.75) is 0 Å². The molecule has 0 aliphatic heterocycles. The lowest BCUT2D eigenvalue weighted by Crippen LogP contribution is -1.90. The van der Waals surface area contributed by atoms with Crippen molar-refractivity contribution in [3.63, 3.8) is 0 Å². The third kappa shape index (κ3) is 2.93. The standard InChI is InChI=1S/C36H22N2O/c1-4-10-32-26(7-1)30-19-23(20-31-27-8-2-5-11-33(27)38(32)36(30)31)22-13-15-24(16-14-22)37-25-17-18-29-28-9-3-6-12-34(28)39-35(29)21-25/h1-21,37H. The zero-order valence-electron chi connectivity index (χ0n) is 21.0. The number of benzene rings is 6. The minimum Gasteiger partial charge on any atom is -0.456 e. The maximum atomic E-state index is 6.08. The third-order valence-corrected chi connectivity index (χ3v) is 8.09. The molecule has 3 heteroatoms. The lowest BCUT2D eigenvalue weighted by atomic mass is 9.99. The van der Waals surface area contributed by atoms with E-state index < -0.39 is 0 Å². The maximum absolute atomic E-state index is 6.08. The normalized spacial score (nSPS) is 12.1. The van der Waals surface area contributed by atoms with Crippen molar-refractivity contribution in [2.24, 2.45) is 0 Å². The minimum atomic E-state index is 0.892. The molecule has 0 aliphatic rings. The van der Waals surface area contributed by atoms with Crippen LogP contribution < -0.4 is 5.32 Å². The van der Waals surface area contributed by atoms with Crippen LogP contribution in [-0.4, -0.2) is 4.40 Å². The van der Waals surface area contributed by atoms with Gasteiger partial charge in [0.2, 0.25) is 0 Å². The van der Waals surface area contributed by atoms with Gasteiger partial charge in [-0.05, 0) is 65.7 Å². The van der Waals surface area contributed by atoms with Crippen LogP contribution in [0.4, 0.5) is 11.4 Å². The van der Waals surface area contributed by atoms with E-state index in [1.165, 1.54) is 49.2 Å². The molecule has 9 aromatic rings. The highest BCUT2D eigenvalue weighted by atomic mass is 16.3. The fourth-order valence-corrected chi connectivity index (χ4v) is 6.33. The number of fused-ring (bicyclic) bond motifs is 9. The molecule has 0 spiro atoms. The molecule has 1 N–H and O–H groups in total. The molecule has 0 unspecified atom stereocenters. The number of anilines is 2. The predicted molar refractivity (Wildman–Crippen MR) is 164 cm³/mol. The molecule has 6 aromatic carbocycles. The summed E-state index contributed by atoms with van der Waals surface area (Å²) >= 11 is 0. The van der Waals surface area contributed by atoms with Crippen molar-refractivity contribution in [3.8, 4) is 11.1 Å². The van der Waals surface area contributed by atoms with Gasteiger partial charge < -0.3 is 14.1 Å². The van der Waals surface area contributed by atoms with Crippen molar-refractivity contribution in [1.29, 1.82) is 0 Å². The van der Waals surface area contributed by atoms with E-state index in [0.29, 0.717) is 0 Å². The Balaban J connectivity index is 1.13. The Kier molecular flexibility index (Phi) is 4.05. The van der Waals surface area contributed by atoms with Crippen molar-refractivity contribution >= 4 is 71.4 Å². The van der Waals surface area contributed by atoms with E-state index in [-0.39, 0.29) is 0 Å². The summed E-state index contributed by atoms with van der Waals surface area (Å²) in [5.74, 6) is 0. The highest BCUT2D eigenvalue weighted by molar-refractivity contribution is 6.24. The van der Waals surface area contributed by atoms with Crippen LogP contribution in [0, 0.1) is 0 Å². The molecule has 0 saturated heterocycles. The first kappa shape index (κ1) is 20.7. The number of rotatable bonds is 3. The Bertz CT molecular complexity index is 2270. The van der Waals surface area contributed by atoms with Crippen molar-refractivity contribution in [3.05, 3.63) is 127 Å². The van der Waals surface area contributed by atoms with Crippen LogP contribution in [0.25, 0.3) is 71.2 Å². The van der Waals surface area contributed by atoms with E-state index in [9.17, 15) is 0 Å². The van der Waals surface area contributed by atoms with Gasteiger partial charge in [0.15, 0.2) is 0 Å². The van der Waals surface area contributed by atoms with E-state index in [0.717, 1.165) is 33.3 Å². The van der Waals surface area contributed by atoms with Crippen LogP contribution >= 0.6 is 0 Å². The van der Waals surface area contributed by atoms with Gasteiger partial charge in [-0.2, -0.15) is 0 Å². The summed E-state index contributed by atoms with van der Waals surface area (Å²) in [5.41, 5.74) is 10.1. The molecular weight excluding hydrogens is 476 g/mol. The summed E-state index contributed by atoms with van der Waals surface area (Å²) in [5, 5.41) is 11.0. The Morgan fingerprint density at radius 3 is 1.74 bits per heavy atom. The Hall–Kier alpha value is -5.28. The highest BCUT2D eigenvalue weighted by Crippen LogP contribution is 2.41. The molecule has 0 amide bonds. The molecule has 0 saturated carbocycles. The molecule has 182 valence electrons. The fraction of sp³-hybridized carbons (Fsp3) is 0. The van der Waals surface area contributed by atoms with Gasteiger partial charge in [-0.1, -0.05) is 66.7 Å². The van der Waals surface area contributed by atoms with Crippen LogP contribution in [0.1, 0.15) is 0 Å². The van der Waals surface area contributed by atoms with Crippen LogP contribution in [0.3, 0.4) is 0 Å². The molecule has 0 aliphatic carbocycles. The second kappa shape index (κ2) is 7.62. The largest absolute Gasteiger partial charge is 0.456 e.